The zero-order valence-corrected chi connectivity index (χ0v) is 14.7. The monoisotopic (exact) mass is 377 g/mol. The number of fused-ring (bicyclic) bond motifs is 1. The highest BCUT2D eigenvalue weighted by Gasteiger charge is 2.35. The van der Waals surface area contributed by atoms with Crippen molar-refractivity contribution in [2.75, 3.05) is 19.9 Å². The first-order valence-electron chi connectivity index (χ1n) is 8.73. The Labute approximate surface area is 159 Å². The Morgan fingerprint density at radius 1 is 1.18 bits per heavy atom. The van der Waals surface area contributed by atoms with Gasteiger partial charge in [-0.15, -0.1) is 0 Å². The van der Waals surface area contributed by atoms with E-state index in [4.69, 9.17) is 14.0 Å². The zero-order chi connectivity index (χ0) is 18.9. The van der Waals surface area contributed by atoms with E-state index in [2.05, 4.69) is 20.1 Å². The van der Waals surface area contributed by atoms with E-state index in [0.29, 0.717) is 36.2 Å². The van der Waals surface area contributed by atoms with Gasteiger partial charge in [-0.1, -0.05) is 11.2 Å². The predicted molar refractivity (Wildman–Crippen MR) is 96.2 cm³/mol. The minimum Gasteiger partial charge on any atom is -0.454 e. The number of ether oxygens (including phenoxy) is 2. The number of carbonyl (C=O) groups excluding carboxylic acids is 1. The Balaban J connectivity index is 1.19. The zero-order valence-electron chi connectivity index (χ0n) is 14.7. The summed E-state index contributed by atoms with van der Waals surface area (Å²) in [6, 6.07) is 5.55. The first kappa shape index (κ1) is 16.4. The predicted octanol–water partition coefficient (Wildman–Crippen LogP) is 1.89. The first-order valence-corrected chi connectivity index (χ1v) is 8.73. The molecule has 28 heavy (non-hydrogen) atoms. The van der Waals surface area contributed by atoms with Gasteiger partial charge in [-0.05, 0) is 23.8 Å². The van der Waals surface area contributed by atoms with Crippen LogP contribution in [-0.4, -0.2) is 50.8 Å². The highest BCUT2D eigenvalue weighted by atomic mass is 16.7. The molecule has 2 aliphatic rings. The molecule has 1 aromatic carbocycles. The summed E-state index contributed by atoms with van der Waals surface area (Å²) < 4.78 is 15.9. The van der Waals surface area contributed by atoms with Gasteiger partial charge < -0.3 is 18.9 Å². The normalized spacial score (nSPS) is 15.8. The van der Waals surface area contributed by atoms with Gasteiger partial charge in [0, 0.05) is 31.6 Å². The summed E-state index contributed by atoms with van der Waals surface area (Å²) in [6.45, 7) is 1.30. The number of carbonyl (C=O) groups is 1. The summed E-state index contributed by atoms with van der Waals surface area (Å²) in [5.41, 5.74) is 1.43. The Bertz CT molecular complexity index is 1040. The molecular formula is C19H15N5O4. The molecule has 0 aliphatic carbocycles. The van der Waals surface area contributed by atoms with Crippen molar-refractivity contribution in [1.82, 2.24) is 25.0 Å². The molecule has 140 valence electrons. The van der Waals surface area contributed by atoms with Gasteiger partial charge in [0.15, 0.2) is 11.5 Å². The molecule has 1 saturated heterocycles. The standard InChI is InChI=1S/C19H15N5O4/c25-17(4-2-12-1-3-15-16(7-12)27-11-26-15)24-9-13(10-24)19-22-18(23-28-19)14-8-20-5-6-21-14/h1-8,13H,9-11H2. The van der Waals surface area contributed by atoms with Crippen molar-refractivity contribution in [2.24, 2.45) is 0 Å². The van der Waals surface area contributed by atoms with E-state index in [1.54, 1.807) is 35.6 Å². The number of amides is 1. The van der Waals surface area contributed by atoms with Crippen molar-refractivity contribution < 1.29 is 18.8 Å². The van der Waals surface area contributed by atoms with Crippen molar-refractivity contribution in [3.05, 3.63) is 54.3 Å². The highest BCUT2D eigenvalue weighted by Crippen LogP contribution is 2.33. The molecule has 5 rings (SSSR count). The minimum atomic E-state index is -0.0671. The molecule has 0 N–H and O–H groups in total. The second-order valence-electron chi connectivity index (χ2n) is 6.43. The average molecular weight is 377 g/mol. The number of rotatable bonds is 4. The van der Waals surface area contributed by atoms with Gasteiger partial charge in [-0.3, -0.25) is 9.78 Å². The summed E-state index contributed by atoms with van der Waals surface area (Å²) >= 11 is 0. The Morgan fingerprint density at radius 2 is 2.07 bits per heavy atom. The van der Waals surface area contributed by atoms with E-state index in [0.717, 1.165) is 11.3 Å². The summed E-state index contributed by atoms with van der Waals surface area (Å²) in [5, 5.41) is 3.94. The maximum absolute atomic E-state index is 12.3. The van der Waals surface area contributed by atoms with E-state index in [9.17, 15) is 4.79 Å². The fourth-order valence-corrected chi connectivity index (χ4v) is 3.02. The van der Waals surface area contributed by atoms with Gasteiger partial charge in [0.1, 0.15) is 5.69 Å². The molecule has 1 fully saturated rings. The molecule has 9 nitrogen and oxygen atoms in total. The Hall–Kier alpha value is -3.75. The molecule has 0 saturated carbocycles. The molecule has 0 unspecified atom stereocenters. The van der Waals surface area contributed by atoms with Crippen LogP contribution in [0, 0.1) is 0 Å². The van der Waals surface area contributed by atoms with Gasteiger partial charge in [-0.2, -0.15) is 4.98 Å². The fraction of sp³-hybridized carbons (Fsp3) is 0.211. The molecule has 9 heteroatoms. The summed E-state index contributed by atoms with van der Waals surface area (Å²) in [4.78, 5) is 26.6. The van der Waals surface area contributed by atoms with E-state index >= 15 is 0 Å². The largest absolute Gasteiger partial charge is 0.454 e. The lowest BCUT2D eigenvalue weighted by atomic mass is 10.00. The quantitative estimate of drug-likeness (QED) is 0.635. The average Bonchev–Trinajstić information content (AvgIpc) is 3.35. The van der Waals surface area contributed by atoms with E-state index in [1.165, 1.54) is 0 Å². The Morgan fingerprint density at radius 3 is 2.93 bits per heavy atom. The number of hydrogen-bond acceptors (Lipinski definition) is 8. The smallest absolute Gasteiger partial charge is 0.246 e. The molecule has 0 atom stereocenters. The van der Waals surface area contributed by atoms with Crippen molar-refractivity contribution in [1.29, 1.82) is 0 Å². The van der Waals surface area contributed by atoms with Crippen LogP contribution < -0.4 is 9.47 Å². The molecule has 0 spiro atoms. The van der Waals surface area contributed by atoms with Crippen LogP contribution in [0.2, 0.25) is 0 Å². The number of hydrogen-bond donors (Lipinski definition) is 0. The van der Waals surface area contributed by atoms with Crippen LogP contribution >= 0.6 is 0 Å². The van der Waals surface area contributed by atoms with Crippen LogP contribution in [0.25, 0.3) is 17.6 Å². The Kier molecular flexibility index (Phi) is 3.97. The number of likely N-dealkylation sites (tertiary alicyclic amines) is 1. The van der Waals surface area contributed by atoms with Crippen molar-refractivity contribution in [3.63, 3.8) is 0 Å². The lowest BCUT2D eigenvalue weighted by Gasteiger charge is -2.36. The third kappa shape index (κ3) is 3.07. The van der Waals surface area contributed by atoms with Crippen LogP contribution in [0.3, 0.4) is 0 Å². The third-order valence-corrected chi connectivity index (χ3v) is 4.59. The third-order valence-electron chi connectivity index (χ3n) is 4.59. The molecular weight excluding hydrogens is 362 g/mol. The van der Waals surface area contributed by atoms with Gasteiger partial charge in [0.25, 0.3) is 0 Å². The maximum atomic E-state index is 12.3. The van der Waals surface area contributed by atoms with Crippen LogP contribution in [0.1, 0.15) is 17.4 Å². The van der Waals surface area contributed by atoms with Crippen LogP contribution in [-0.2, 0) is 4.79 Å². The van der Waals surface area contributed by atoms with Gasteiger partial charge in [0.2, 0.25) is 24.4 Å². The minimum absolute atomic E-state index is 0.0285. The molecule has 4 heterocycles. The van der Waals surface area contributed by atoms with Gasteiger partial charge in [-0.25, -0.2) is 4.98 Å². The summed E-state index contributed by atoms with van der Waals surface area (Å²) in [5.74, 6) is 2.27. The maximum Gasteiger partial charge on any atom is 0.246 e. The van der Waals surface area contributed by atoms with Crippen LogP contribution in [0.15, 0.2) is 47.4 Å². The van der Waals surface area contributed by atoms with Crippen molar-refractivity contribution in [2.45, 2.75) is 5.92 Å². The molecule has 0 bridgehead atoms. The molecule has 1 amide bonds. The van der Waals surface area contributed by atoms with Crippen molar-refractivity contribution >= 4 is 12.0 Å². The summed E-state index contributed by atoms with van der Waals surface area (Å²) in [6.07, 6.45) is 8.04. The first-order chi connectivity index (χ1) is 13.8. The number of aromatic nitrogens is 4. The fourth-order valence-electron chi connectivity index (χ4n) is 3.02. The summed E-state index contributed by atoms with van der Waals surface area (Å²) in [7, 11) is 0. The van der Waals surface area contributed by atoms with Gasteiger partial charge in [0.05, 0.1) is 12.1 Å². The molecule has 2 aromatic heterocycles. The lowest BCUT2D eigenvalue weighted by molar-refractivity contribution is -0.130. The van der Waals surface area contributed by atoms with Crippen LogP contribution in [0.4, 0.5) is 0 Å². The second kappa shape index (κ2) is 6.76. The number of nitrogens with zero attached hydrogens (tertiary/aromatic N) is 5. The van der Waals surface area contributed by atoms with Gasteiger partial charge >= 0.3 is 0 Å². The molecule has 3 aromatic rings. The second-order valence-corrected chi connectivity index (χ2v) is 6.43. The number of benzene rings is 1. The van der Waals surface area contributed by atoms with E-state index in [-0.39, 0.29) is 18.6 Å². The lowest BCUT2D eigenvalue weighted by Crippen LogP contribution is -2.47. The van der Waals surface area contributed by atoms with Crippen molar-refractivity contribution in [3.8, 4) is 23.0 Å². The topological polar surface area (TPSA) is 103 Å². The SMILES string of the molecule is O=C(C=Cc1ccc2c(c1)OCO2)N1CC(c2nc(-c3cnccn3)no2)C1. The van der Waals surface area contributed by atoms with E-state index < -0.39 is 0 Å². The van der Waals surface area contributed by atoms with E-state index in [1.807, 2.05) is 18.2 Å². The van der Waals surface area contributed by atoms with Crippen LogP contribution in [0.5, 0.6) is 11.5 Å². The molecule has 0 radical (unpaired) electrons. The highest BCUT2D eigenvalue weighted by molar-refractivity contribution is 5.92. The molecule has 2 aliphatic heterocycles.